The average molecular weight is 305 g/mol. The quantitative estimate of drug-likeness (QED) is 0.879. The van der Waals surface area contributed by atoms with E-state index in [2.05, 4.69) is 5.10 Å². The topological polar surface area (TPSA) is 38.0 Å². The summed E-state index contributed by atoms with van der Waals surface area (Å²) in [5, 5.41) is 14.3. The van der Waals surface area contributed by atoms with Crippen molar-refractivity contribution >= 4 is 11.6 Å². The molecule has 0 aliphatic heterocycles. The fourth-order valence-corrected chi connectivity index (χ4v) is 2.18. The summed E-state index contributed by atoms with van der Waals surface area (Å²) < 4.78 is 41.2. The molecule has 0 bridgehead atoms. The smallest absolute Gasteiger partial charge is 0.194 e. The van der Waals surface area contributed by atoms with Gasteiger partial charge >= 0.3 is 0 Å². The number of nitrogens with zero attached hydrogens (tertiary/aromatic N) is 2. The summed E-state index contributed by atoms with van der Waals surface area (Å²) >= 11 is 5.92. The van der Waals surface area contributed by atoms with Crippen LogP contribution in [0.25, 0.3) is 0 Å². The molecule has 0 saturated carbocycles. The van der Waals surface area contributed by atoms with Crippen molar-refractivity contribution in [3.05, 3.63) is 52.1 Å². The van der Waals surface area contributed by atoms with Gasteiger partial charge in [-0.15, -0.1) is 0 Å². The summed E-state index contributed by atoms with van der Waals surface area (Å²) in [6.45, 7) is 2.36. The Morgan fingerprint density at radius 3 is 2.65 bits per heavy atom. The highest BCUT2D eigenvalue weighted by molar-refractivity contribution is 6.31. The summed E-state index contributed by atoms with van der Waals surface area (Å²) in [6, 6.07) is 1.74. The van der Waals surface area contributed by atoms with Crippen LogP contribution < -0.4 is 0 Å². The zero-order valence-corrected chi connectivity index (χ0v) is 11.3. The highest BCUT2D eigenvalue weighted by atomic mass is 35.5. The lowest BCUT2D eigenvalue weighted by Crippen LogP contribution is -2.13. The molecule has 1 aromatic heterocycles. The zero-order chi connectivity index (χ0) is 14.9. The number of benzene rings is 1. The van der Waals surface area contributed by atoms with Gasteiger partial charge in [-0.1, -0.05) is 18.5 Å². The van der Waals surface area contributed by atoms with Gasteiger partial charge in [-0.2, -0.15) is 5.10 Å². The lowest BCUT2D eigenvalue weighted by molar-refractivity contribution is 0.200. The number of rotatable bonds is 4. The molecule has 1 aromatic carbocycles. The highest BCUT2D eigenvalue weighted by Gasteiger charge is 2.25. The molecular formula is C13H12ClF3N2O. The molecule has 7 heteroatoms. The van der Waals surface area contributed by atoms with Crippen LogP contribution >= 0.6 is 11.6 Å². The van der Waals surface area contributed by atoms with Gasteiger partial charge in [-0.25, -0.2) is 13.2 Å². The van der Waals surface area contributed by atoms with Crippen molar-refractivity contribution in [1.29, 1.82) is 0 Å². The van der Waals surface area contributed by atoms with Crippen molar-refractivity contribution in [2.24, 2.45) is 0 Å². The molecule has 0 saturated heterocycles. The highest BCUT2D eigenvalue weighted by Crippen LogP contribution is 2.31. The molecule has 1 atom stereocenters. The number of halogens is 4. The molecule has 0 amide bonds. The number of aryl methyl sites for hydroxylation is 1. The molecule has 0 spiro atoms. The lowest BCUT2D eigenvalue weighted by Gasteiger charge is -2.15. The summed E-state index contributed by atoms with van der Waals surface area (Å²) in [6.07, 6.45) is 0.512. The van der Waals surface area contributed by atoms with Crippen LogP contribution in [0.4, 0.5) is 13.2 Å². The van der Waals surface area contributed by atoms with E-state index in [9.17, 15) is 18.3 Å². The monoisotopic (exact) mass is 304 g/mol. The molecular weight excluding hydrogens is 293 g/mol. The van der Waals surface area contributed by atoms with Crippen molar-refractivity contribution < 1.29 is 18.3 Å². The first-order valence-electron chi connectivity index (χ1n) is 6.00. The van der Waals surface area contributed by atoms with Gasteiger partial charge < -0.3 is 5.11 Å². The van der Waals surface area contributed by atoms with Gasteiger partial charge in [0.05, 0.1) is 16.9 Å². The molecule has 0 radical (unpaired) electrons. The molecule has 0 aliphatic carbocycles. The molecule has 0 aliphatic rings. The Morgan fingerprint density at radius 1 is 1.30 bits per heavy atom. The van der Waals surface area contributed by atoms with Crippen molar-refractivity contribution in [2.45, 2.75) is 26.0 Å². The number of aliphatic hydroxyl groups excluding tert-OH is 1. The summed E-state index contributed by atoms with van der Waals surface area (Å²) in [5.41, 5.74) is -0.234. The first kappa shape index (κ1) is 14.9. The van der Waals surface area contributed by atoms with Crippen LogP contribution in [-0.4, -0.2) is 14.9 Å². The van der Waals surface area contributed by atoms with E-state index < -0.39 is 23.6 Å². The third-order valence-electron chi connectivity index (χ3n) is 2.89. The van der Waals surface area contributed by atoms with Crippen LogP contribution in [0.1, 0.15) is 30.7 Å². The Labute approximate surface area is 118 Å². The zero-order valence-electron chi connectivity index (χ0n) is 10.6. The third kappa shape index (κ3) is 2.53. The van der Waals surface area contributed by atoms with Gasteiger partial charge in [0.15, 0.2) is 17.5 Å². The fraction of sp³-hybridized carbons (Fsp3) is 0.308. The van der Waals surface area contributed by atoms with E-state index >= 15 is 0 Å². The summed E-state index contributed by atoms with van der Waals surface area (Å²) in [4.78, 5) is 0. The SMILES string of the molecule is CCCn1ncc(Cl)c1C(O)c1ccc(F)c(F)c1F. The minimum absolute atomic E-state index is 0.134. The predicted octanol–water partition coefficient (Wildman–Crippen LogP) is 3.45. The molecule has 1 N–H and O–H groups in total. The van der Waals surface area contributed by atoms with E-state index in [-0.39, 0.29) is 16.3 Å². The maximum atomic E-state index is 13.7. The average Bonchev–Trinajstić information content (AvgIpc) is 2.77. The molecule has 2 aromatic rings. The van der Waals surface area contributed by atoms with Crippen LogP contribution in [0, 0.1) is 17.5 Å². The number of aromatic nitrogens is 2. The maximum Gasteiger partial charge on any atom is 0.194 e. The number of hydrogen-bond acceptors (Lipinski definition) is 2. The van der Waals surface area contributed by atoms with Gasteiger partial charge in [-0.3, -0.25) is 4.68 Å². The molecule has 20 heavy (non-hydrogen) atoms. The second kappa shape index (κ2) is 5.85. The third-order valence-corrected chi connectivity index (χ3v) is 3.18. The Hall–Kier alpha value is -1.53. The van der Waals surface area contributed by atoms with Crippen LogP contribution in [-0.2, 0) is 6.54 Å². The van der Waals surface area contributed by atoms with Crippen LogP contribution in [0.3, 0.4) is 0 Å². The van der Waals surface area contributed by atoms with E-state index in [0.29, 0.717) is 6.54 Å². The first-order chi connectivity index (χ1) is 9.47. The molecule has 108 valence electrons. The van der Waals surface area contributed by atoms with Crippen molar-refractivity contribution in [3.63, 3.8) is 0 Å². The van der Waals surface area contributed by atoms with Gasteiger partial charge in [0.2, 0.25) is 0 Å². The van der Waals surface area contributed by atoms with Crippen LogP contribution in [0.15, 0.2) is 18.3 Å². The van der Waals surface area contributed by atoms with Crippen molar-refractivity contribution in [2.75, 3.05) is 0 Å². The molecule has 1 unspecified atom stereocenters. The van der Waals surface area contributed by atoms with Gasteiger partial charge in [0, 0.05) is 12.1 Å². The molecule has 3 nitrogen and oxygen atoms in total. The van der Waals surface area contributed by atoms with Crippen molar-refractivity contribution in [3.8, 4) is 0 Å². The van der Waals surface area contributed by atoms with Crippen molar-refractivity contribution in [1.82, 2.24) is 9.78 Å². The van der Waals surface area contributed by atoms with Gasteiger partial charge in [0.25, 0.3) is 0 Å². The van der Waals surface area contributed by atoms with E-state index in [1.165, 1.54) is 10.9 Å². The van der Waals surface area contributed by atoms with E-state index in [1.54, 1.807) is 0 Å². The van der Waals surface area contributed by atoms with E-state index in [4.69, 9.17) is 11.6 Å². The molecule has 0 fully saturated rings. The van der Waals surface area contributed by atoms with Gasteiger partial charge in [0.1, 0.15) is 6.10 Å². The Morgan fingerprint density at radius 2 is 2.00 bits per heavy atom. The predicted molar refractivity (Wildman–Crippen MR) is 67.9 cm³/mol. The van der Waals surface area contributed by atoms with Crippen LogP contribution in [0.2, 0.25) is 5.02 Å². The number of aliphatic hydroxyl groups is 1. The maximum absolute atomic E-state index is 13.7. The largest absolute Gasteiger partial charge is 0.382 e. The normalized spacial score (nSPS) is 12.7. The van der Waals surface area contributed by atoms with Gasteiger partial charge in [-0.05, 0) is 18.6 Å². The Balaban J connectivity index is 2.49. The second-order valence-corrected chi connectivity index (χ2v) is 4.68. The standard InChI is InChI=1S/C13H12ClF3N2O/c1-2-5-19-12(8(14)6-18-19)13(20)7-3-4-9(15)11(17)10(7)16/h3-4,6,13,20H,2,5H2,1H3. The fourth-order valence-electron chi connectivity index (χ4n) is 1.93. The summed E-state index contributed by atoms with van der Waals surface area (Å²) in [5.74, 6) is -4.37. The van der Waals surface area contributed by atoms with Crippen LogP contribution in [0.5, 0.6) is 0 Å². The Kier molecular flexibility index (Phi) is 4.35. The molecule has 2 rings (SSSR count). The lowest BCUT2D eigenvalue weighted by atomic mass is 10.1. The summed E-state index contributed by atoms with van der Waals surface area (Å²) in [7, 11) is 0. The second-order valence-electron chi connectivity index (χ2n) is 4.27. The van der Waals surface area contributed by atoms with E-state index in [0.717, 1.165) is 18.6 Å². The minimum Gasteiger partial charge on any atom is -0.382 e. The van der Waals surface area contributed by atoms with E-state index in [1.807, 2.05) is 6.92 Å². The minimum atomic E-state index is -1.63. The molecule has 1 heterocycles. The first-order valence-corrected chi connectivity index (χ1v) is 6.37. The Bertz CT molecular complexity index is 630. The number of hydrogen-bond donors (Lipinski definition) is 1.